The summed E-state index contributed by atoms with van der Waals surface area (Å²) in [6.45, 7) is 4.04. The summed E-state index contributed by atoms with van der Waals surface area (Å²) in [7, 11) is 3.42. The van der Waals surface area contributed by atoms with Crippen LogP contribution < -0.4 is 10.6 Å². The van der Waals surface area contributed by atoms with Crippen molar-refractivity contribution in [3.63, 3.8) is 0 Å². The number of para-hydroxylation sites is 1. The van der Waals surface area contributed by atoms with Crippen LogP contribution in [0.15, 0.2) is 33.7 Å². The molecule has 0 unspecified atom stereocenters. The van der Waals surface area contributed by atoms with Gasteiger partial charge in [-0.25, -0.2) is 0 Å². The van der Waals surface area contributed by atoms with Gasteiger partial charge in [0.2, 0.25) is 0 Å². The van der Waals surface area contributed by atoms with Gasteiger partial charge in [0.05, 0.1) is 13.2 Å². The van der Waals surface area contributed by atoms with Crippen molar-refractivity contribution in [1.29, 1.82) is 0 Å². The highest BCUT2D eigenvalue weighted by atomic mass is 127. The summed E-state index contributed by atoms with van der Waals surface area (Å²) in [5.74, 6) is 1.67. The third-order valence-electron chi connectivity index (χ3n) is 3.18. The maximum absolute atomic E-state index is 5.85. The number of nitrogens with one attached hydrogen (secondary N) is 2. The van der Waals surface area contributed by atoms with Gasteiger partial charge in [-0.15, -0.1) is 24.0 Å². The Kier molecular flexibility index (Phi) is 7.52. The van der Waals surface area contributed by atoms with Gasteiger partial charge in [-0.2, -0.15) is 0 Å². The van der Waals surface area contributed by atoms with Crippen LogP contribution in [-0.2, 0) is 11.3 Å². The number of hydrogen-bond acceptors (Lipinski definition) is 3. The van der Waals surface area contributed by atoms with Gasteiger partial charge in [0.1, 0.15) is 11.3 Å². The number of aliphatic imine (C=N–C) groups is 1. The quantitative estimate of drug-likeness (QED) is 0.349. The zero-order valence-corrected chi connectivity index (χ0v) is 14.9. The largest absolute Gasteiger partial charge is 0.459 e. The minimum Gasteiger partial charge on any atom is -0.459 e. The Hall–Kier alpha value is -1.28. The molecule has 0 aliphatic carbocycles. The number of hydrogen-bond donors (Lipinski definition) is 2. The maximum atomic E-state index is 5.85. The van der Waals surface area contributed by atoms with Crippen LogP contribution in [0.3, 0.4) is 0 Å². The van der Waals surface area contributed by atoms with E-state index >= 15 is 0 Å². The van der Waals surface area contributed by atoms with E-state index in [1.807, 2.05) is 18.2 Å². The van der Waals surface area contributed by atoms with E-state index in [-0.39, 0.29) is 24.0 Å². The van der Waals surface area contributed by atoms with Gasteiger partial charge in [0.25, 0.3) is 0 Å². The minimum absolute atomic E-state index is 0. The topological polar surface area (TPSA) is 58.8 Å². The molecule has 0 aliphatic heterocycles. The molecule has 2 rings (SSSR count). The highest BCUT2D eigenvalue weighted by Crippen LogP contribution is 2.24. The monoisotopic (exact) mass is 403 g/mol. The number of benzene rings is 1. The van der Waals surface area contributed by atoms with Crippen LogP contribution in [0, 0.1) is 6.92 Å². The minimum atomic E-state index is 0. The molecule has 0 aliphatic rings. The fraction of sp³-hybridized carbons (Fsp3) is 0.400. The first-order valence-electron chi connectivity index (χ1n) is 6.66. The molecule has 0 saturated carbocycles. The highest BCUT2D eigenvalue weighted by Gasteiger charge is 2.09. The lowest BCUT2D eigenvalue weighted by Gasteiger charge is -2.10. The molecule has 1 aromatic heterocycles. The average Bonchev–Trinajstić information content (AvgIpc) is 2.80. The van der Waals surface area contributed by atoms with E-state index in [1.54, 1.807) is 14.2 Å². The molecule has 0 saturated heterocycles. The van der Waals surface area contributed by atoms with Crippen molar-refractivity contribution < 1.29 is 9.15 Å². The van der Waals surface area contributed by atoms with E-state index < -0.39 is 0 Å². The Balaban J connectivity index is 0.00000220. The second kappa shape index (κ2) is 8.89. The van der Waals surface area contributed by atoms with Crippen molar-refractivity contribution in [2.45, 2.75) is 13.5 Å². The van der Waals surface area contributed by atoms with Gasteiger partial charge in [-0.3, -0.25) is 4.99 Å². The predicted molar refractivity (Wildman–Crippen MR) is 96.4 cm³/mol. The summed E-state index contributed by atoms with van der Waals surface area (Å²) in [5.41, 5.74) is 2.09. The van der Waals surface area contributed by atoms with Gasteiger partial charge in [0.15, 0.2) is 5.96 Å². The van der Waals surface area contributed by atoms with Crippen molar-refractivity contribution in [2.24, 2.45) is 4.99 Å². The number of halogens is 1. The molecule has 0 amide bonds. The smallest absolute Gasteiger partial charge is 0.191 e. The molecule has 2 aromatic rings. The van der Waals surface area contributed by atoms with E-state index in [9.17, 15) is 0 Å². The maximum Gasteiger partial charge on any atom is 0.191 e. The molecular formula is C15H22IN3O2. The molecule has 116 valence electrons. The molecular weight excluding hydrogens is 381 g/mol. The van der Waals surface area contributed by atoms with Crippen LogP contribution in [0.1, 0.15) is 11.3 Å². The molecule has 0 bridgehead atoms. The number of furan rings is 1. The Labute approximate surface area is 142 Å². The number of ether oxygens (including phenoxy) is 1. The summed E-state index contributed by atoms with van der Waals surface area (Å²) >= 11 is 0. The Morgan fingerprint density at radius 2 is 2.05 bits per heavy atom. The molecule has 21 heavy (non-hydrogen) atoms. The van der Waals surface area contributed by atoms with Crippen LogP contribution >= 0.6 is 24.0 Å². The van der Waals surface area contributed by atoms with E-state index in [0.717, 1.165) is 29.2 Å². The number of nitrogens with zero attached hydrogens (tertiary/aromatic N) is 1. The summed E-state index contributed by atoms with van der Waals surface area (Å²) < 4.78 is 10.8. The fourth-order valence-electron chi connectivity index (χ4n) is 2.05. The molecule has 6 heteroatoms. The average molecular weight is 403 g/mol. The van der Waals surface area contributed by atoms with E-state index in [2.05, 4.69) is 28.6 Å². The molecule has 5 nitrogen and oxygen atoms in total. The van der Waals surface area contributed by atoms with Crippen molar-refractivity contribution in [3.05, 3.63) is 35.6 Å². The molecule has 0 atom stereocenters. The number of rotatable bonds is 5. The van der Waals surface area contributed by atoms with Crippen molar-refractivity contribution in [2.75, 3.05) is 27.3 Å². The first-order valence-corrected chi connectivity index (χ1v) is 6.66. The zero-order valence-electron chi connectivity index (χ0n) is 12.6. The molecule has 0 fully saturated rings. The predicted octanol–water partition coefficient (Wildman–Crippen LogP) is 2.67. The fourth-order valence-corrected chi connectivity index (χ4v) is 2.05. The number of guanidine groups is 1. The second-order valence-electron chi connectivity index (χ2n) is 4.49. The van der Waals surface area contributed by atoms with E-state index in [4.69, 9.17) is 9.15 Å². The zero-order chi connectivity index (χ0) is 14.4. The SMILES string of the molecule is CN=C(NCCOC)NCc1oc2ccccc2c1C.I. The molecule has 0 radical (unpaired) electrons. The van der Waals surface area contributed by atoms with Gasteiger partial charge >= 0.3 is 0 Å². The van der Waals surface area contributed by atoms with Gasteiger partial charge in [0, 0.05) is 31.7 Å². The first kappa shape index (κ1) is 17.8. The van der Waals surface area contributed by atoms with Crippen LogP contribution in [0.2, 0.25) is 0 Å². The molecule has 2 N–H and O–H groups in total. The standard InChI is InChI=1S/C15H21N3O2.HI/c1-11-12-6-4-5-7-13(12)20-14(11)10-18-15(16-2)17-8-9-19-3;/h4-7H,8-10H2,1-3H3,(H2,16,17,18);1H. The number of aryl methyl sites for hydroxylation is 1. The van der Waals surface area contributed by atoms with Crippen LogP contribution in [0.4, 0.5) is 0 Å². The summed E-state index contributed by atoms with van der Waals surface area (Å²) in [4.78, 5) is 4.16. The van der Waals surface area contributed by atoms with E-state index in [1.165, 1.54) is 5.56 Å². The lowest BCUT2D eigenvalue weighted by Crippen LogP contribution is -2.38. The van der Waals surface area contributed by atoms with Crippen LogP contribution in [-0.4, -0.2) is 33.3 Å². The number of methoxy groups -OCH3 is 1. The molecule has 1 heterocycles. The van der Waals surface area contributed by atoms with Gasteiger partial charge in [-0.05, 0) is 13.0 Å². The lowest BCUT2D eigenvalue weighted by atomic mass is 10.1. The number of fused-ring (bicyclic) bond motifs is 1. The van der Waals surface area contributed by atoms with Crippen molar-refractivity contribution in [3.8, 4) is 0 Å². The first-order chi connectivity index (χ1) is 9.76. The van der Waals surface area contributed by atoms with Crippen LogP contribution in [0.25, 0.3) is 11.0 Å². The summed E-state index contributed by atoms with van der Waals surface area (Å²) in [6, 6.07) is 8.06. The van der Waals surface area contributed by atoms with Gasteiger partial charge < -0.3 is 19.8 Å². The second-order valence-corrected chi connectivity index (χ2v) is 4.49. The lowest BCUT2D eigenvalue weighted by molar-refractivity contribution is 0.203. The normalized spacial score (nSPS) is 11.3. The van der Waals surface area contributed by atoms with Crippen LogP contribution in [0.5, 0.6) is 0 Å². The Bertz CT molecular complexity index is 596. The molecule has 0 spiro atoms. The Morgan fingerprint density at radius 1 is 1.29 bits per heavy atom. The molecule has 1 aromatic carbocycles. The van der Waals surface area contributed by atoms with Crippen molar-refractivity contribution >= 4 is 40.9 Å². The van der Waals surface area contributed by atoms with E-state index in [0.29, 0.717) is 13.2 Å². The third-order valence-corrected chi connectivity index (χ3v) is 3.18. The van der Waals surface area contributed by atoms with Crippen molar-refractivity contribution in [1.82, 2.24) is 10.6 Å². The highest BCUT2D eigenvalue weighted by molar-refractivity contribution is 14.0. The third kappa shape index (κ3) is 4.60. The summed E-state index contributed by atoms with van der Waals surface area (Å²) in [5, 5.41) is 7.56. The van der Waals surface area contributed by atoms with Gasteiger partial charge in [-0.1, -0.05) is 18.2 Å². The Morgan fingerprint density at radius 3 is 2.71 bits per heavy atom. The summed E-state index contributed by atoms with van der Waals surface area (Å²) in [6.07, 6.45) is 0.